The fraction of sp³-hybridized carbons (Fsp3) is 0.118. The van der Waals surface area contributed by atoms with E-state index in [4.69, 9.17) is 5.73 Å². The highest BCUT2D eigenvalue weighted by Crippen LogP contribution is 2.32. The van der Waals surface area contributed by atoms with E-state index in [-0.39, 0.29) is 5.78 Å². The summed E-state index contributed by atoms with van der Waals surface area (Å²) in [6, 6.07) is 9.72. The third-order valence-corrected chi connectivity index (χ3v) is 5.09. The summed E-state index contributed by atoms with van der Waals surface area (Å²) in [6.07, 6.45) is 4.44. The molecule has 0 aliphatic rings. The molecular formula is C17H14BrN3OS. The highest BCUT2D eigenvalue weighted by Gasteiger charge is 2.26. The monoisotopic (exact) mass is 387 g/mol. The molecule has 1 atom stereocenters. The Morgan fingerprint density at radius 3 is 2.65 bits per heavy atom. The summed E-state index contributed by atoms with van der Waals surface area (Å²) in [7, 11) is 0. The molecule has 0 saturated carbocycles. The maximum atomic E-state index is 12.5. The summed E-state index contributed by atoms with van der Waals surface area (Å²) < 4.78 is 0.972. The first-order valence-corrected chi connectivity index (χ1v) is 8.59. The van der Waals surface area contributed by atoms with Gasteiger partial charge in [-0.1, -0.05) is 28.1 Å². The highest BCUT2D eigenvalue weighted by molar-refractivity contribution is 9.10. The van der Waals surface area contributed by atoms with Crippen LogP contribution in [0.3, 0.4) is 0 Å². The number of ketones is 1. The minimum absolute atomic E-state index is 0.0908. The molecule has 2 aromatic heterocycles. The Balaban J connectivity index is 1.94. The third kappa shape index (κ3) is 3.24. The van der Waals surface area contributed by atoms with Crippen LogP contribution in [-0.4, -0.2) is 15.8 Å². The number of benzene rings is 1. The lowest BCUT2D eigenvalue weighted by atomic mass is 9.87. The van der Waals surface area contributed by atoms with Crippen molar-refractivity contribution in [1.82, 2.24) is 9.97 Å². The van der Waals surface area contributed by atoms with Crippen LogP contribution in [0.4, 0.5) is 0 Å². The molecule has 2 N–H and O–H groups in total. The predicted molar refractivity (Wildman–Crippen MR) is 94.6 cm³/mol. The molecule has 4 nitrogen and oxygen atoms in total. The Labute approximate surface area is 146 Å². The maximum Gasteiger partial charge on any atom is 0.206 e. The summed E-state index contributed by atoms with van der Waals surface area (Å²) in [6.45, 7) is 1.94. The van der Waals surface area contributed by atoms with Crippen LogP contribution in [0.15, 0.2) is 58.9 Å². The lowest BCUT2D eigenvalue weighted by molar-refractivity contribution is 0.104. The van der Waals surface area contributed by atoms with Crippen molar-refractivity contribution in [2.75, 3.05) is 0 Å². The molecule has 6 heteroatoms. The highest BCUT2D eigenvalue weighted by atomic mass is 79.9. The summed E-state index contributed by atoms with van der Waals surface area (Å²) >= 11 is 4.85. The quantitative estimate of drug-likeness (QED) is 0.692. The molecular weight excluding hydrogens is 374 g/mol. The largest absolute Gasteiger partial charge is 0.318 e. The Kier molecular flexibility index (Phi) is 4.39. The van der Waals surface area contributed by atoms with Crippen molar-refractivity contribution >= 4 is 33.0 Å². The molecule has 3 aromatic rings. The van der Waals surface area contributed by atoms with Gasteiger partial charge in [0.25, 0.3) is 0 Å². The molecule has 0 aliphatic heterocycles. The number of aromatic nitrogens is 2. The van der Waals surface area contributed by atoms with Crippen LogP contribution in [0.2, 0.25) is 0 Å². The van der Waals surface area contributed by atoms with Crippen LogP contribution in [-0.2, 0) is 5.54 Å². The predicted octanol–water partition coefficient (Wildman–Crippen LogP) is 3.75. The number of nitrogens with two attached hydrogens (primary N) is 1. The number of nitrogens with zero attached hydrogens (tertiary/aromatic N) is 2. The second kappa shape index (κ2) is 6.31. The smallest absolute Gasteiger partial charge is 0.206 e. The van der Waals surface area contributed by atoms with Gasteiger partial charge in [-0.15, -0.1) is 11.3 Å². The standard InChI is InChI=1S/C17H14BrN3OS/c1-17(19,12-3-2-4-14(18)5-12)13-6-15(23-9-13)16(22)11-7-20-10-21-8-11/h2-10H,19H2,1H3/t17-/m1/s1. The first kappa shape index (κ1) is 16.0. The molecule has 0 aliphatic carbocycles. The average molecular weight is 388 g/mol. The zero-order valence-electron chi connectivity index (χ0n) is 12.4. The first-order valence-electron chi connectivity index (χ1n) is 6.92. The molecule has 0 bridgehead atoms. The molecule has 3 rings (SSSR count). The van der Waals surface area contributed by atoms with Crippen molar-refractivity contribution in [3.8, 4) is 0 Å². The molecule has 0 saturated heterocycles. The molecule has 0 unspecified atom stereocenters. The van der Waals surface area contributed by atoms with Crippen molar-refractivity contribution < 1.29 is 4.79 Å². The number of carbonyl (C=O) groups excluding carboxylic acids is 1. The molecule has 0 spiro atoms. The van der Waals surface area contributed by atoms with Gasteiger partial charge in [0.05, 0.1) is 16.0 Å². The normalized spacial score (nSPS) is 13.5. The number of hydrogen-bond acceptors (Lipinski definition) is 5. The number of carbonyl (C=O) groups is 1. The lowest BCUT2D eigenvalue weighted by Gasteiger charge is -2.24. The first-order chi connectivity index (χ1) is 11.0. The van der Waals surface area contributed by atoms with Crippen molar-refractivity contribution in [1.29, 1.82) is 0 Å². The van der Waals surface area contributed by atoms with E-state index in [1.165, 1.54) is 30.1 Å². The van der Waals surface area contributed by atoms with E-state index in [1.54, 1.807) is 0 Å². The number of hydrogen-bond donors (Lipinski definition) is 1. The summed E-state index contributed by atoms with van der Waals surface area (Å²) in [5.74, 6) is -0.0908. The van der Waals surface area contributed by atoms with Gasteiger partial charge in [0.1, 0.15) is 6.33 Å². The van der Waals surface area contributed by atoms with Crippen LogP contribution < -0.4 is 5.73 Å². The number of halogens is 1. The van der Waals surface area contributed by atoms with Gasteiger partial charge in [-0.3, -0.25) is 4.79 Å². The van der Waals surface area contributed by atoms with Crippen molar-refractivity contribution in [3.63, 3.8) is 0 Å². The second-order valence-electron chi connectivity index (χ2n) is 5.37. The van der Waals surface area contributed by atoms with Gasteiger partial charge < -0.3 is 5.73 Å². The second-order valence-corrected chi connectivity index (χ2v) is 7.20. The zero-order chi connectivity index (χ0) is 16.4. The molecule has 1 aromatic carbocycles. The minimum Gasteiger partial charge on any atom is -0.318 e. The maximum absolute atomic E-state index is 12.5. The Hall–Kier alpha value is -1.89. The van der Waals surface area contributed by atoms with Crippen LogP contribution >= 0.6 is 27.3 Å². The molecule has 23 heavy (non-hydrogen) atoms. The molecule has 2 heterocycles. The van der Waals surface area contributed by atoms with Crippen molar-refractivity contribution in [3.05, 3.63) is 80.5 Å². The Bertz CT molecular complexity index is 846. The van der Waals surface area contributed by atoms with Gasteiger partial charge in [0, 0.05) is 16.9 Å². The minimum atomic E-state index is -0.675. The van der Waals surface area contributed by atoms with Gasteiger partial charge in [0.15, 0.2) is 0 Å². The van der Waals surface area contributed by atoms with Crippen LogP contribution in [0, 0.1) is 0 Å². The van der Waals surface area contributed by atoms with E-state index < -0.39 is 5.54 Å². The van der Waals surface area contributed by atoms with E-state index in [0.29, 0.717) is 10.4 Å². The van der Waals surface area contributed by atoms with Crippen molar-refractivity contribution in [2.45, 2.75) is 12.5 Å². The average Bonchev–Trinajstić information content (AvgIpc) is 3.06. The molecule has 0 amide bonds. The van der Waals surface area contributed by atoms with Crippen molar-refractivity contribution in [2.24, 2.45) is 5.73 Å². The van der Waals surface area contributed by atoms with Crippen LogP contribution in [0.1, 0.15) is 33.3 Å². The lowest BCUT2D eigenvalue weighted by Crippen LogP contribution is -2.33. The number of thiophene rings is 1. The van der Waals surface area contributed by atoms with Gasteiger partial charge in [-0.25, -0.2) is 9.97 Å². The molecule has 0 radical (unpaired) electrons. The summed E-state index contributed by atoms with van der Waals surface area (Å²) in [4.78, 5) is 20.9. The Morgan fingerprint density at radius 2 is 1.96 bits per heavy atom. The van der Waals surface area contributed by atoms with E-state index >= 15 is 0 Å². The van der Waals surface area contributed by atoms with Gasteiger partial charge in [0.2, 0.25) is 5.78 Å². The number of rotatable bonds is 4. The molecule has 0 fully saturated rings. The summed E-state index contributed by atoms with van der Waals surface area (Å²) in [5, 5.41) is 1.93. The SMILES string of the molecule is C[C@@](N)(c1cccc(Br)c1)c1csc(C(=O)c2cncnc2)c1. The van der Waals surface area contributed by atoms with E-state index in [9.17, 15) is 4.79 Å². The fourth-order valence-electron chi connectivity index (χ4n) is 2.26. The Morgan fingerprint density at radius 1 is 1.22 bits per heavy atom. The van der Waals surface area contributed by atoms with Gasteiger partial charge >= 0.3 is 0 Å². The van der Waals surface area contributed by atoms with E-state index in [0.717, 1.165) is 15.6 Å². The fourth-order valence-corrected chi connectivity index (χ4v) is 3.65. The van der Waals surface area contributed by atoms with Crippen LogP contribution in [0.5, 0.6) is 0 Å². The van der Waals surface area contributed by atoms with E-state index in [2.05, 4.69) is 25.9 Å². The molecule has 116 valence electrons. The van der Waals surface area contributed by atoms with E-state index in [1.807, 2.05) is 42.6 Å². The zero-order valence-corrected chi connectivity index (χ0v) is 14.8. The van der Waals surface area contributed by atoms with Gasteiger partial charge in [-0.2, -0.15) is 0 Å². The summed E-state index contributed by atoms with van der Waals surface area (Å²) in [5.41, 5.74) is 8.21. The van der Waals surface area contributed by atoms with Crippen LogP contribution in [0.25, 0.3) is 0 Å². The topological polar surface area (TPSA) is 68.9 Å². The van der Waals surface area contributed by atoms with Gasteiger partial charge in [-0.05, 0) is 41.6 Å². The third-order valence-electron chi connectivity index (χ3n) is 3.67.